The van der Waals surface area contributed by atoms with Gasteiger partial charge in [0.05, 0.1) is 0 Å². The van der Waals surface area contributed by atoms with Crippen molar-refractivity contribution in [2.45, 2.75) is 0 Å². The molecule has 0 aliphatic carbocycles. The summed E-state index contributed by atoms with van der Waals surface area (Å²) in [5, 5.41) is 0. The molecule has 0 N–H and O–H groups in total. The van der Waals surface area contributed by atoms with Gasteiger partial charge in [-0.15, -0.1) is 0 Å². The summed E-state index contributed by atoms with van der Waals surface area (Å²) >= 11 is 0. The van der Waals surface area contributed by atoms with Crippen LogP contribution in [0, 0.1) is 0 Å². The second-order valence-electron chi connectivity index (χ2n) is 0. The summed E-state index contributed by atoms with van der Waals surface area (Å²) in [6.07, 6.45) is 0. The normalized spacial score (nSPS) is 0. The maximum absolute atomic E-state index is 0. The fourth-order valence-electron chi connectivity index (χ4n) is 0. The van der Waals surface area contributed by atoms with Crippen LogP contribution in [0.3, 0.4) is 0 Å². The van der Waals surface area contributed by atoms with Crippen molar-refractivity contribution in [3.05, 3.63) is 0 Å². The Kier molecular flexibility index (Phi) is 137. The molecule has 0 fully saturated rings. The van der Waals surface area contributed by atoms with Gasteiger partial charge in [0.15, 0.2) is 0 Å². The van der Waals surface area contributed by atoms with Crippen LogP contribution < -0.4 is 0 Å². The Morgan fingerprint density at radius 3 is 1.00 bits per heavy atom. The van der Waals surface area contributed by atoms with Crippen molar-refractivity contribution < 1.29 is 41.1 Å². The summed E-state index contributed by atoms with van der Waals surface area (Å²) in [7, 11) is 0. The summed E-state index contributed by atoms with van der Waals surface area (Å²) in [4.78, 5) is 0. The standard InChI is InChI=1S/Fe.O.Sr.V/q+2;-2;+2;. The first kappa shape index (κ1) is 31.1. The maximum Gasteiger partial charge on any atom is 2.00 e. The molecule has 0 saturated heterocycles. The minimum Gasteiger partial charge on any atom is -2.00 e. The molecule has 0 aliphatic rings. The van der Waals surface area contributed by atoms with Crippen LogP contribution in [-0.4, -0.2) is 45.5 Å². The van der Waals surface area contributed by atoms with Crippen LogP contribution in [0.25, 0.3) is 0 Å². The molecule has 0 spiro atoms. The largest absolute Gasteiger partial charge is 2.00 e. The van der Waals surface area contributed by atoms with E-state index in [1.165, 1.54) is 0 Å². The first-order valence-electron chi connectivity index (χ1n) is 0. The molecule has 0 amide bonds. The van der Waals surface area contributed by atoms with Crippen LogP contribution in [0.1, 0.15) is 0 Å². The van der Waals surface area contributed by atoms with Crippen molar-refractivity contribution >= 4 is 45.5 Å². The molecule has 4 heavy (non-hydrogen) atoms. The molecule has 0 saturated carbocycles. The van der Waals surface area contributed by atoms with E-state index in [2.05, 4.69) is 0 Å². The molecular weight excluding hydrogens is 210 g/mol. The third-order valence-corrected chi connectivity index (χ3v) is 0. The quantitative estimate of drug-likeness (QED) is 0.482. The summed E-state index contributed by atoms with van der Waals surface area (Å²) in [5.41, 5.74) is 0. The van der Waals surface area contributed by atoms with Gasteiger partial charge in [0.1, 0.15) is 0 Å². The van der Waals surface area contributed by atoms with Crippen LogP contribution in [0.15, 0.2) is 0 Å². The van der Waals surface area contributed by atoms with E-state index >= 15 is 0 Å². The zero-order valence-corrected chi connectivity index (χ0v) is 7.89. The topological polar surface area (TPSA) is 28.5 Å². The molecular formula is FeOSrV+2. The fourth-order valence-corrected chi connectivity index (χ4v) is 0. The molecule has 0 heterocycles. The molecule has 0 rings (SSSR count). The Morgan fingerprint density at radius 2 is 1.00 bits per heavy atom. The molecule has 19 valence electrons. The van der Waals surface area contributed by atoms with E-state index in [-0.39, 0.29) is 86.6 Å². The molecule has 0 bridgehead atoms. The predicted octanol–water partition coefficient (Wildman–Crippen LogP) is -0.505. The van der Waals surface area contributed by atoms with Crippen molar-refractivity contribution in [3.63, 3.8) is 0 Å². The van der Waals surface area contributed by atoms with Crippen molar-refractivity contribution in [1.29, 1.82) is 0 Å². The van der Waals surface area contributed by atoms with Crippen LogP contribution in [0.5, 0.6) is 0 Å². The molecule has 0 unspecified atom stereocenters. The Labute approximate surface area is 84.8 Å². The van der Waals surface area contributed by atoms with E-state index in [1.54, 1.807) is 0 Å². The summed E-state index contributed by atoms with van der Waals surface area (Å²) in [6, 6.07) is 0. The molecule has 0 aromatic heterocycles. The van der Waals surface area contributed by atoms with Gasteiger partial charge in [-0.25, -0.2) is 0 Å². The molecule has 0 aromatic carbocycles. The fraction of sp³-hybridized carbons (Fsp3) is 0. The minimum atomic E-state index is 0. The van der Waals surface area contributed by atoms with E-state index in [0.29, 0.717) is 0 Å². The van der Waals surface area contributed by atoms with Crippen molar-refractivity contribution in [3.8, 4) is 0 Å². The monoisotopic (exact) mass is 211 g/mol. The van der Waals surface area contributed by atoms with Gasteiger partial charge in [-0.2, -0.15) is 0 Å². The average molecular weight is 210 g/mol. The van der Waals surface area contributed by atoms with Crippen molar-refractivity contribution in [1.82, 2.24) is 0 Å². The first-order chi connectivity index (χ1) is 0. The Balaban J connectivity index is 0. The van der Waals surface area contributed by atoms with Crippen LogP contribution in [0.2, 0.25) is 0 Å². The van der Waals surface area contributed by atoms with Gasteiger partial charge in [-0.1, -0.05) is 0 Å². The molecule has 1 nitrogen and oxygen atoms in total. The van der Waals surface area contributed by atoms with E-state index in [1.807, 2.05) is 0 Å². The Morgan fingerprint density at radius 1 is 1.00 bits per heavy atom. The first-order valence-corrected chi connectivity index (χ1v) is 0. The van der Waals surface area contributed by atoms with E-state index in [4.69, 9.17) is 0 Å². The second-order valence-corrected chi connectivity index (χ2v) is 0. The molecule has 0 atom stereocenters. The summed E-state index contributed by atoms with van der Waals surface area (Å²) in [6.45, 7) is 0. The summed E-state index contributed by atoms with van der Waals surface area (Å²) < 4.78 is 0. The van der Waals surface area contributed by atoms with Crippen LogP contribution in [0.4, 0.5) is 0 Å². The van der Waals surface area contributed by atoms with Crippen molar-refractivity contribution in [2.24, 2.45) is 0 Å². The van der Waals surface area contributed by atoms with Gasteiger partial charge in [0, 0.05) is 18.6 Å². The molecule has 4 heteroatoms. The zero-order valence-electron chi connectivity index (χ0n) is 1.92. The van der Waals surface area contributed by atoms with Gasteiger partial charge in [0.25, 0.3) is 0 Å². The smallest absolute Gasteiger partial charge is 2.00 e. The minimum absolute atomic E-state index is 0. The van der Waals surface area contributed by atoms with Gasteiger partial charge < -0.3 is 5.48 Å². The molecule has 0 aromatic rings. The Hall–Kier alpha value is 2.54. The molecule has 0 aliphatic heterocycles. The zero-order chi connectivity index (χ0) is 0. The van der Waals surface area contributed by atoms with Gasteiger partial charge in [-0.05, 0) is 0 Å². The van der Waals surface area contributed by atoms with Crippen LogP contribution >= 0.6 is 0 Å². The van der Waals surface area contributed by atoms with E-state index in [9.17, 15) is 0 Å². The third-order valence-electron chi connectivity index (χ3n) is 0. The summed E-state index contributed by atoms with van der Waals surface area (Å²) in [5.74, 6) is 0. The average Bonchev–Trinajstić information content (AvgIpc) is 0. The van der Waals surface area contributed by atoms with Crippen molar-refractivity contribution in [2.75, 3.05) is 0 Å². The maximum atomic E-state index is 0. The van der Waals surface area contributed by atoms with E-state index < -0.39 is 0 Å². The van der Waals surface area contributed by atoms with Gasteiger partial charge in [-0.3, -0.25) is 0 Å². The van der Waals surface area contributed by atoms with Gasteiger partial charge >= 0.3 is 62.6 Å². The SMILES string of the molecule is [Fe+2].[O-2].[Sr+2].[V]. The molecule has 1 radical (unpaired) electrons. The number of hydrogen-bond acceptors (Lipinski definition) is 0. The van der Waals surface area contributed by atoms with E-state index in [0.717, 1.165) is 0 Å². The number of rotatable bonds is 0. The predicted molar refractivity (Wildman–Crippen MR) is 6.44 cm³/mol. The van der Waals surface area contributed by atoms with Gasteiger partial charge in [0.2, 0.25) is 0 Å². The Bertz CT molecular complexity index is 8.00. The van der Waals surface area contributed by atoms with Crippen LogP contribution in [-0.2, 0) is 41.1 Å². The third kappa shape index (κ3) is 8.82. The second kappa shape index (κ2) is 17.7. The number of hydrogen-bond donors (Lipinski definition) is 0.